The van der Waals surface area contributed by atoms with E-state index < -0.39 is 6.04 Å². The maximum Gasteiger partial charge on any atom is 0.316 e. The van der Waals surface area contributed by atoms with Gasteiger partial charge in [-0.3, -0.25) is 4.79 Å². The molecular weight excluding hydrogens is 323 g/mol. The van der Waals surface area contributed by atoms with Crippen molar-refractivity contribution in [3.05, 3.63) is 30.1 Å². The molecule has 1 aromatic heterocycles. The normalized spacial score (nSPS) is 19.7. The quantitative estimate of drug-likeness (QED) is 0.923. The molecule has 2 aliphatic rings. The van der Waals surface area contributed by atoms with E-state index in [0.29, 0.717) is 11.0 Å². The second-order valence-corrected chi connectivity index (χ2v) is 7.11. The number of amides is 1. The molecule has 1 unspecified atom stereocenters. The number of aromatic nitrogens is 2. The van der Waals surface area contributed by atoms with Crippen molar-refractivity contribution in [2.75, 3.05) is 18.4 Å². The van der Waals surface area contributed by atoms with Crippen LogP contribution in [0.15, 0.2) is 28.7 Å². The van der Waals surface area contributed by atoms with E-state index in [1.807, 2.05) is 4.90 Å². The van der Waals surface area contributed by atoms with Gasteiger partial charge >= 0.3 is 6.01 Å². The number of benzene rings is 1. The van der Waals surface area contributed by atoms with Gasteiger partial charge < -0.3 is 14.6 Å². The van der Waals surface area contributed by atoms with E-state index in [4.69, 9.17) is 4.42 Å². The maximum atomic E-state index is 13.3. The molecule has 2 heterocycles. The Morgan fingerprint density at radius 1 is 1.28 bits per heavy atom. The van der Waals surface area contributed by atoms with Gasteiger partial charge in [0.2, 0.25) is 11.8 Å². The number of hydrogen-bond acceptors (Lipinski definition) is 5. The number of halogens is 1. The lowest BCUT2D eigenvalue weighted by molar-refractivity contribution is -0.133. The van der Waals surface area contributed by atoms with Crippen LogP contribution in [0, 0.1) is 11.2 Å². The van der Waals surface area contributed by atoms with Gasteiger partial charge in [-0.15, -0.1) is 5.10 Å². The molecule has 1 atom stereocenters. The lowest BCUT2D eigenvalue weighted by Crippen LogP contribution is -2.45. The van der Waals surface area contributed by atoms with E-state index in [9.17, 15) is 9.18 Å². The summed E-state index contributed by atoms with van der Waals surface area (Å²) in [5, 5.41) is 10.8. The summed E-state index contributed by atoms with van der Waals surface area (Å²) in [6, 6.07) is 5.66. The fourth-order valence-corrected chi connectivity index (χ4v) is 3.42. The zero-order chi connectivity index (χ0) is 17.4. The third-order valence-corrected chi connectivity index (χ3v) is 5.30. The molecule has 2 aromatic rings. The molecule has 132 valence electrons. The number of anilines is 1. The number of carbonyl (C=O) groups is 1. The number of hydrogen-bond donors (Lipinski definition) is 1. The van der Waals surface area contributed by atoms with Gasteiger partial charge in [-0.2, -0.15) is 0 Å². The van der Waals surface area contributed by atoms with Crippen LogP contribution in [-0.2, 0) is 4.79 Å². The van der Waals surface area contributed by atoms with Crippen LogP contribution in [0.3, 0.4) is 0 Å². The van der Waals surface area contributed by atoms with Crippen molar-refractivity contribution in [2.45, 2.75) is 38.6 Å². The third-order valence-electron chi connectivity index (χ3n) is 5.30. The third kappa shape index (κ3) is 3.36. The first-order valence-electron chi connectivity index (χ1n) is 8.69. The zero-order valence-corrected chi connectivity index (χ0v) is 14.2. The SMILES string of the molecule is CC(Nc1nnc(-c2cccc(F)c2)o1)C(=O)N1CCC2(CC1)CC2. The fourth-order valence-electron chi connectivity index (χ4n) is 3.42. The van der Waals surface area contributed by atoms with Crippen LogP contribution in [0.2, 0.25) is 0 Å². The Morgan fingerprint density at radius 2 is 2.04 bits per heavy atom. The molecule has 1 spiro atoms. The largest absolute Gasteiger partial charge is 0.403 e. The average molecular weight is 344 g/mol. The number of likely N-dealkylation sites (tertiary alicyclic amines) is 1. The van der Waals surface area contributed by atoms with Crippen LogP contribution >= 0.6 is 0 Å². The molecular formula is C18H21FN4O2. The summed E-state index contributed by atoms with van der Waals surface area (Å²) in [4.78, 5) is 14.5. The summed E-state index contributed by atoms with van der Waals surface area (Å²) >= 11 is 0. The summed E-state index contributed by atoms with van der Waals surface area (Å²) < 4.78 is 18.8. The van der Waals surface area contributed by atoms with Crippen molar-refractivity contribution < 1.29 is 13.6 Å². The second-order valence-electron chi connectivity index (χ2n) is 7.11. The summed E-state index contributed by atoms with van der Waals surface area (Å²) in [6.07, 6.45) is 4.84. The van der Waals surface area contributed by atoms with Gasteiger partial charge in [0, 0.05) is 18.7 Å². The molecule has 1 N–H and O–H groups in total. The average Bonchev–Trinajstić information content (AvgIpc) is 3.19. The first-order valence-corrected chi connectivity index (χ1v) is 8.69. The summed E-state index contributed by atoms with van der Waals surface area (Å²) in [6.45, 7) is 3.43. The lowest BCUT2D eigenvalue weighted by Gasteiger charge is -2.33. The van der Waals surface area contributed by atoms with Crippen molar-refractivity contribution in [3.8, 4) is 11.5 Å². The standard InChI is InChI=1S/C18H21FN4O2/c1-12(16(24)23-9-7-18(5-6-18)8-10-23)20-17-22-21-15(25-17)13-3-2-4-14(19)11-13/h2-4,11-12H,5-10H2,1H3,(H,20,22). The molecule has 1 aliphatic carbocycles. The van der Waals surface area contributed by atoms with Crippen LogP contribution in [0.5, 0.6) is 0 Å². The highest BCUT2D eigenvalue weighted by molar-refractivity contribution is 5.83. The van der Waals surface area contributed by atoms with Gasteiger partial charge in [-0.05, 0) is 56.2 Å². The first-order chi connectivity index (χ1) is 12.0. The number of nitrogens with zero attached hydrogens (tertiary/aromatic N) is 3. The van der Waals surface area contributed by atoms with Crippen LogP contribution in [0.25, 0.3) is 11.5 Å². The van der Waals surface area contributed by atoms with Crippen LogP contribution in [-0.4, -0.2) is 40.1 Å². The minimum absolute atomic E-state index is 0.0426. The molecule has 6 nitrogen and oxygen atoms in total. The molecule has 1 saturated carbocycles. The highest BCUT2D eigenvalue weighted by atomic mass is 19.1. The molecule has 1 saturated heterocycles. The summed E-state index contributed by atoms with van der Waals surface area (Å²) in [5.41, 5.74) is 1.05. The van der Waals surface area contributed by atoms with Gasteiger partial charge in [-0.1, -0.05) is 11.2 Å². The number of rotatable bonds is 4. The predicted molar refractivity (Wildman–Crippen MR) is 90.3 cm³/mol. The topological polar surface area (TPSA) is 71.3 Å². The summed E-state index contributed by atoms with van der Waals surface area (Å²) in [5.74, 6) is -0.108. The minimum Gasteiger partial charge on any atom is -0.403 e. The van der Waals surface area contributed by atoms with Gasteiger partial charge in [0.05, 0.1) is 0 Å². The highest BCUT2D eigenvalue weighted by Crippen LogP contribution is 2.53. The van der Waals surface area contributed by atoms with Crippen molar-refractivity contribution in [2.24, 2.45) is 5.41 Å². The highest BCUT2D eigenvalue weighted by Gasteiger charge is 2.45. The monoisotopic (exact) mass is 344 g/mol. The molecule has 1 aromatic carbocycles. The Hall–Kier alpha value is -2.44. The molecule has 7 heteroatoms. The van der Waals surface area contributed by atoms with E-state index in [1.54, 1.807) is 19.1 Å². The van der Waals surface area contributed by atoms with Gasteiger partial charge in [0.1, 0.15) is 11.9 Å². The van der Waals surface area contributed by atoms with Crippen molar-refractivity contribution in [1.82, 2.24) is 15.1 Å². The molecule has 4 rings (SSSR count). The second kappa shape index (κ2) is 6.13. The van der Waals surface area contributed by atoms with Gasteiger partial charge in [-0.25, -0.2) is 4.39 Å². The number of nitrogens with one attached hydrogen (secondary N) is 1. The maximum absolute atomic E-state index is 13.3. The van der Waals surface area contributed by atoms with E-state index in [1.165, 1.54) is 25.0 Å². The van der Waals surface area contributed by atoms with Crippen LogP contribution < -0.4 is 5.32 Å². The summed E-state index contributed by atoms with van der Waals surface area (Å²) in [7, 11) is 0. The van der Waals surface area contributed by atoms with Gasteiger partial charge in [0.15, 0.2) is 0 Å². The first kappa shape index (κ1) is 16.1. The molecule has 25 heavy (non-hydrogen) atoms. The smallest absolute Gasteiger partial charge is 0.316 e. The Balaban J connectivity index is 1.37. The molecule has 0 bridgehead atoms. The van der Waals surface area contributed by atoms with E-state index >= 15 is 0 Å². The van der Waals surface area contributed by atoms with Crippen molar-refractivity contribution >= 4 is 11.9 Å². The van der Waals surface area contributed by atoms with Gasteiger partial charge in [0.25, 0.3) is 0 Å². The van der Waals surface area contributed by atoms with E-state index in [2.05, 4.69) is 15.5 Å². The number of piperidine rings is 1. The van der Waals surface area contributed by atoms with E-state index in [-0.39, 0.29) is 23.6 Å². The molecule has 2 fully saturated rings. The Bertz CT molecular complexity index is 777. The Labute approximate surface area is 145 Å². The van der Waals surface area contributed by atoms with E-state index in [0.717, 1.165) is 25.9 Å². The fraction of sp³-hybridized carbons (Fsp3) is 0.500. The Kier molecular flexibility index (Phi) is 3.94. The molecule has 1 aliphatic heterocycles. The van der Waals surface area contributed by atoms with Crippen molar-refractivity contribution in [3.63, 3.8) is 0 Å². The predicted octanol–water partition coefficient (Wildman–Crippen LogP) is 3.08. The minimum atomic E-state index is -0.450. The zero-order valence-electron chi connectivity index (χ0n) is 14.2. The lowest BCUT2D eigenvalue weighted by atomic mass is 9.93. The molecule has 1 amide bonds. The molecule has 0 radical (unpaired) electrons. The number of carbonyl (C=O) groups excluding carboxylic acids is 1. The van der Waals surface area contributed by atoms with Crippen LogP contribution in [0.1, 0.15) is 32.6 Å². The Morgan fingerprint density at radius 3 is 2.72 bits per heavy atom. The van der Waals surface area contributed by atoms with Crippen LogP contribution in [0.4, 0.5) is 10.4 Å². The van der Waals surface area contributed by atoms with Crippen molar-refractivity contribution in [1.29, 1.82) is 0 Å².